The van der Waals surface area contributed by atoms with Crippen LogP contribution in [-0.2, 0) is 19.3 Å². The predicted octanol–water partition coefficient (Wildman–Crippen LogP) is 7.54. The van der Waals surface area contributed by atoms with Gasteiger partial charge in [-0.1, -0.05) is 35.9 Å². The molecule has 9 rings (SSSR count). The third kappa shape index (κ3) is 5.02. The molecule has 0 unspecified atom stereocenters. The van der Waals surface area contributed by atoms with Gasteiger partial charge in [-0.15, -0.1) is 16.4 Å². The van der Waals surface area contributed by atoms with Crippen LogP contribution in [0.3, 0.4) is 0 Å². The number of hydrogen-bond acceptors (Lipinski definition) is 9. The summed E-state index contributed by atoms with van der Waals surface area (Å²) in [6.07, 6.45) is 6.66. The van der Waals surface area contributed by atoms with Gasteiger partial charge in [0.05, 0.1) is 46.4 Å². The average Bonchev–Trinajstić information content (AvgIpc) is 3.95. The Balaban J connectivity index is 1.20. The molecule has 4 aromatic heterocycles. The van der Waals surface area contributed by atoms with E-state index in [-0.39, 0.29) is 23.9 Å². The molecule has 2 aliphatic heterocycles. The molecule has 12 heteroatoms. The molecule has 0 saturated carbocycles. The number of nitrogens with one attached hydrogen (secondary N) is 2. The molecule has 1 amide bonds. The summed E-state index contributed by atoms with van der Waals surface area (Å²) in [4.78, 5) is 39.3. The van der Waals surface area contributed by atoms with Crippen molar-refractivity contribution in [2.24, 2.45) is 0 Å². The molecule has 0 spiro atoms. The van der Waals surface area contributed by atoms with Crippen molar-refractivity contribution >= 4 is 44.7 Å². The van der Waals surface area contributed by atoms with Crippen LogP contribution in [0.2, 0.25) is 5.02 Å². The standard InChI is InChI=1S/C37H31ClN6O4S/c1-47-27-6-2-4-22-23(27)12-14-24(22)41-34-33-20(15-16-39-34)18-28(49-33)30-29(35-42-43-37(46)48-35)25(13-9-19-7-10-21(38)11-8-19)40-32-26-5-3-17-44(26)36(45)31(30)32/h2,4,6-8,10-11,15-16,18,24,26H,3,5,9,12-14,17H2,1H3,(H,39,41)(H,43,46)/t24-,26-/m1/s1. The first-order valence-corrected chi connectivity index (χ1v) is 17.7. The Morgan fingerprint density at radius 2 is 1.96 bits per heavy atom. The molecule has 2 N–H and O–H groups in total. The van der Waals surface area contributed by atoms with Gasteiger partial charge in [-0.3, -0.25) is 9.78 Å². The summed E-state index contributed by atoms with van der Waals surface area (Å²) < 4.78 is 12.2. The Hall–Kier alpha value is -5.00. The van der Waals surface area contributed by atoms with Gasteiger partial charge in [-0.05, 0) is 90.9 Å². The first kappa shape index (κ1) is 30.1. The van der Waals surface area contributed by atoms with E-state index in [2.05, 4.69) is 27.6 Å². The molecule has 1 fully saturated rings. The summed E-state index contributed by atoms with van der Waals surface area (Å²) in [6.45, 7) is 0.685. The molecule has 2 aromatic carbocycles. The molecule has 10 nitrogen and oxygen atoms in total. The number of aromatic amines is 1. The minimum Gasteiger partial charge on any atom is -0.496 e. The van der Waals surface area contributed by atoms with Crippen LogP contribution in [0.5, 0.6) is 5.75 Å². The predicted molar refractivity (Wildman–Crippen MR) is 189 cm³/mol. The summed E-state index contributed by atoms with van der Waals surface area (Å²) in [5, 5.41) is 12.1. The van der Waals surface area contributed by atoms with Gasteiger partial charge in [0.25, 0.3) is 11.8 Å². The molecule has 1 aliphatic carbocycles. The normalized spacial score (nSPS) is 17.8. The van der Waals surface area contributed by atoms with Gasteiger partial charge in [0.15, 0.2) is 0 Å². The van der Waals surface area contributed by atoms with Crippen molar-refractivity contribution in [2.45, 2.75) is 50.6 Å². The Morgan fingerprint density at radius 3 is 2.78 bits per heavy atom. The first-order chi connectivity index (χ1) is 24.0. The van der Waals surface area contributed by atoms with Crippen LogP contribution in [0, 0.1) is 0 Å². The number of carbonyl (C=O) groups excluding carboxylic acids is 1. The third-order valence-corrected chi connectivity index (χ3v) is 11.4. The highest BCUT2D eigenvalue weighted by Gasteiger charge is 2.45. The van der Waals surface area contributed by atoms with E-state index in [1.165, 1.54) is 11.1 Å². The largest absolute Gasteiger partial charge is 0.496 e. The molecule has 6 aromatic rings. The minimum absolute atomic E-state index is 0.0474. The number of hydrogen-bond donors (Lipinski definition) is 2. The summed E-state index contributed by atoms with van der Waals surface area (Å²) in [5.74, 6) is 1.09. The topological polar surface area (TPSA) is 126 Å². The monoisotopic (exact) mass is 690 g/mol. The van der Waals surface area contributed by atoms with E-state index < -0.39 is 5.76 Å². The molecule has 1 saturated heterocycles. The van der Waals surface area contributed by atoms with E-state index in [0.717, 1.165) is 69.2 Å². The van der Waals surface area contributed by atoms with Gasteiger partial charge < -0.3 is 19.4 Å². The third-order valence-electron chi connectivity index (χ3n) is 10.00. The molecule has 6 heterocycles. The van der Waals surface area contributed by atoms with Gasteiger partial charge in [0.2, 0.25) is 0 Å². The Morgan fingerprint density at radius 1 is 1.08 bits per heavy atom. The number of amides is 1. The van der Waals surface area contributed by atoms with Crippen LogP contribution in [0.4, 0.5) is 5.82 Å². The van der Waals surface area contributed by atoms with Gasteiger partial charge in [0.1, 0.15) is 11.6 Å². The maximum Gasteiger partial charge on any atom is 0.434 e. The molecule has 246 valence electrons. The number of nitrogens with zero attached hydrogens (tertiary/aromatic N) is 4. The summed E-state index contributed by atoms with van der Waals surface area (Å²) in [5.41, 5.74) is 6.88. The zero-order valence-electron chi connectivity index (χ0n) is 26.6. The lowest BCUT2D eigenvalue weighted by Crippen LogP contribution is -2.22. The molecule has 3 aliphatic rings. The molecule has 0 bridgehead atoms. The van der Waals surface area contributed by atoms with E-state index in [1.54, 1.807) is 18.4 Å². The quantitative estimate of drug-likeness (QED) is 0.168. The number of rotatable bonds is 8. The fraction of sp³-hybridized carbons (Fsp3) is 0.270. The van der Waals surface area contributed by atoms with E-state index in [4.69, 9.17) is 30.7 Å². The number of H-pyrrole nitrogens is 1. The lowest BCUT2D eigenvalue weighted by atomic mass is 9.93. The Labute approximate surface area is 290 Å². The van der Waals surface area contributed by atoms with Gasteiger partial charge in [0, 0.05) is 28.2 Å². The SMILES string of the molecule is COc1cccc2c1CC[C@H]2Nc1nccc2cc(-c3c4c(nc(CCc5ccc(Cl)cc5)c3-c3n[nH]c(=O)o3)[C@H]3CCCN3C4=O)sc12. The van der Waals surface area contributed by atoms with Crippen LogP contribution in [0.25, 0.3) is 32.0 Å². The number of pyridine rings is 2. The summed E-state index contributed by atoms with van der Waals surface area (Å²) in [7, 11) is 1.71. The number of anilines is 1. The van der Waals surface area contributed by atoms with Crippen molar-refractivity contribution in [3.05, 3.63) is 110 Å². The highest BCUT2D eigenvalue weighted by atomic mass is 35.5. The van der Waals surface area contributed by atoms with Crippen molar-refractivity contribution < 1.29 is 13.9 Å². The maximum absolute atomic E-state index is 14.2. The highest BCUT2D eigenvalue weighted by molar-refractivity contribution is 7.23. The van der Waals surface area contributed by atoms with Gasteiger partial charge in [-0.25, -0.2) is 14.9 Å². The molecule has 2 atom stereocenters. The van der Waals surface area contributed by atoms with Crippen LogP contribution in [0.1, 0.15) is 69.8 Å². The van der Waals surface area contributed by atoms with Crippen molar-refractivity contribution in [2.75, 3.05) is 19.0 Å². The van der Waals surface area contributed by atoms with Crippen molar-refractivity contribution in [3.63, 3.8) is 0 Å². The second kappa shape index (κ2) is 11.9. The number of fused-ring (bicyclic) bond motifs is 5. The maximum atomic E-state index is 14.2. The smallest absolute Gasteiger partial charge is 0.434 e. The molecule has 49 heavy (non-hydrogen) atoms. The summed E-state index contributed by atoms with van der Waals surface area (Å²) in [6, 6.07) is 18.0. The number of ether oxygens (including phenoxy) is 1. The molecular formula is C37H31ClN6O4S. The van der Waals surface area contributed by atoms with Crippen molar-refractivity contribution in [1.82, 2.24) is 25.1 Å². The molecule has 0 radical (unpaired) electrons. The number of carbonyl (C=O) groups is 1. The second-order valence-corrected chi connectivity index (χ2v) is 14.2. The second-order valence-electron chi connectivity index (χ2n) is 12.7. The van der Waals surface area contributed by atoms with Crippen molar-refractivity contribution in [1.29, 1.82) is 0 Å². The number of aryl methyl sites for hydroxylation is 2. The fourth-order valence-electron chi connectivity index (χ4n) is 7.78. The fourth-order valence-corrected chi connectivity index (χ4v) is 9.07. The van der Waals surface area contributed by atoms with Crippen LogP contribution >= 0.6 is 22.9 Å². The van der Waals surface area contributed by atoms with E-state index >= 15 is 0 Å². The zero-order valence-corrected chi connectivity index (χ0v) is 28.2. The summed E-state index contributed by atoms with van der Waals surface area (Å²) >= 11 is 7.73. The zero-order chi connectivity index (χ0) is 33.2. The number of aromatic nitrogens is 4. The highest BCUT2D eigenvalue weighted by Crippen LogP contribution is 2.50. The van der Waals surface area contributed by atoms with Crippen LogP contribution in [0.15, 0.2) is 70.0 Å². The number of benzene rings is 2. The van der Waals surface area contributed by atoms with Crippen LogP contribution < -0.4 is 15.8 Å². The Kier molecular flexibility index (Phi) is 7.28. The minimum atomic E-state index is -0.669. The molecular weight excluding hydrogens is 660 g/mol. The number of methoxy groups -OCH3 is 1. The van der Waals surface area contributed by atoms with Gasteiger partial charge >= 0.3 is 5.76 Å². The van der Waals surface area contributed by atoms with Crippen molar-refractivity contribution in [3.8, 4) is 27.6 Å². The Bertz CT molecular complexity index is 2330. The average molecular weight is 691 g/mol. The van der Waals surface area contributed by atoms with E-state index in [0.29, 0.717) is 41.1 Å². The lowest BCUT2D eigenvalue weighted by molar-refractivity contribution is 0.0776. The number of halogens is 1. The number of thiophene rings is 1. The first-order valence-electron chi connectivity index (χ1n) is 16.5. The lowest BCUT2D eigenvalue weighted by Gasteiger charge is -2.16. The van der Waals surface area contributed by atoms with E-state index in [1.807, 2.05) is 53.6 Å². The van der Waals surface area contributed by atoms with Crippen LogP contribution in [-0.4, -0.2) is 44.6 Å². The van der Waals surface area contributed by atoms with Gasteiger partial charge in [-0.2, -0.15) is 0 Å². The van der Waals surface area contributed by atoms with E-state index in [9.17, 15) is 9.59 Å².